The number of fused-ring (bicyclic) bond motifs is 1. The summed E-state index contributed by atoms with van der Waals surface area (Å²) in [4.78, 5) is 6.90. The highest BCUT2D eigenvalue weighted by atomic mass is 15.2. The van der Waals surface area contributed by atoms with Crippen LogP contribution in [0.15, 0.2) is 4.99 Å². The SMILES string of the molecule is CCN1C=NC2CCCCC21. The van der Waals surface area contributed by atoms with Crippen molar-refractivity contribution in [3.63, 3.8) is 0 Å². The molecule has 1 saturated carbocycles. The Morgan fingerprint density at radius 3 is 3.09 bits per heavy atom. The Kier molecular flexibility index (Phi) is 1.84. The third-order valence-corrected chi connectivity index (χ3v) is 2.89. The highest BCUT2D eigenvalue weighted by molar-refractivity contribution is 5.59. The molecule has 2 aliphatic rings. The molecular weight excluding hydrogens is 136 g/mol. The van der Waals surface area contributed by atoms with Crippen LogP contribution < -0.4 is 0 Å². The van der Waals surface area contributed by atoms with E-state index < -0.39 is 0 Å². The van der Waals surface area contributed by atoms with Gasteiger partial charge in [-0.2, -0.15) is 0 Å². The number of hydrogen-bond acceptors (Lipinski definition) is 2. The summed E-state index contributed by atoms with van der Waals surface area (Å²) in [5.74, 6) is 0. The highest BCUT2D eigenvalue weighted by Gasteiger charge is 2.31. The van der Waals surface area contributed by atoms with E-state index in [9.17, 15) is 0 Å². The summed E-state index contributed by atoms with van der Waals surface area (Å²) >= 11 is 0. The zero-order valence-electron chi connectivity index (χ0n) is 7.16. The van der Waals surface area contributed by atoms with Crippen LogP contribution in [0.3, 0.4) is 0 Å². The average molecular weight is 152 g/mol. The molecule has 0 aromatic carbocycles. The van der Waals surface area contributed by atoms with Crippen LogP contribution in [0.4, 0.5) is 0 Å². The molecule has 0 radical (unpaired) electrons. The molecule has 1 fully saturated rings. The second kappa shape index (κ2) is 2.84. The maximum atomic E-state index is 4.51. The molecule has 0 spiro atoms. The fourth-order valence-corrected chi connectivity index (χ4v) is 2.23. The van der Waals surface area contributed by atoms with Gasteiger partial charge in [-0.3, -0.25) is 4.99 Å². The standard InChI is InChI=1S/C9H16N2/c1-2-11-7-10-8-5-3-4-6-9(8)11/h7-9H,2-6H2,1H3. The van der Waals surface area contributed by atoms with Crippen LogP contribution in [-0.2, 0) is 0 Å². The van der Waals surface area contributed by atoms with Crippen LogP contribution >= 0.6 is 0 Å². The minimum absolute atomic E-state index is 0.642. The smallest absolute Gasteiger partial charge is 0.0857 e. The van der Waals surface area contributed by atoms with E-state index in [1.807, 2.05) is 0 Å². The Hall–Kier alpha value is -0.530. The van der Waals surface area contributed by atoms with Crippen molar-refractivity contribution in [1.82, 2.24) is 4.90 Å². The summed E-state index contributed by atoms with van der Waals surface area (Å²) in [6.45, 7) is 3.34. The lowest BCUT2D eigenvalue weighted by atomic mass is 9.91. The molecule has 1 aliphatic carbocycles. The predicted octanol–water partition coefficient (Wildman–Crippen LogP) is 1.66. The van der Waals surface area contributed by atoms with Gasteiger partial charge in [-0.05, 0) is 19.8 Å². The number of hydrogen-bond donors (Lipinski definition) is 0. The van der Waals surface area contributed by atoms with Gasteiger partial charge in [0.1, 0.15) is 0 Å². The van der Waals surface area contributed by atoms with Crippen LogP contribution in [0.1, 0.15) is 32.6 Å². The molecule has 0 aromatic heterocycles. The molecule has 0 bridgehead atoms. The van der Waals surface area contributed by atoms with Gasteiger partial charge in [0, 0.05) is 6.54 Å². The minimum atomic E-state index is 0.642. The number of aliphatic imine (C=N–C) groups is 1. The first-order valence-corrected chi connectivity index (χ1v) is 4.71. The van der Waals surface area contributed by atoms with E-state index in [2.05, 4.69) is 23.2 Å². The van der Waals surface area contributed by atoms with Gasteiger partial charge in [0.2, 0.25) is 0 Å². The van der Waals surface area contributed by atoms with Crippen molar-refractivity contribution in [2.24, 2.45) is 4.99 Å². The van der Waals surface area contributed by atoms with Gasteiger partial charge in [0.05, 0.1) is 18.4 Å². The van der Waals surface area contributed by atoms with E-state index in [1.165, 1.54) is 25.7 Å². The van der Waals surface area contributed by atoms with Crippen LogP contribution in [0.25, 0.3) is 0 Å². The summed E-state index contributed by atoms with van der Waals surface area (Å²) in [5.41, 5.74) is 0. The largest absolute Gasteiger partial charge is 0.358 e. The normalized spacial score (nSPS) is 35.9. The zero-order chi connectivity index (χ0) is 7.68. The predicted molar refractivity (Wildman–Crippen MR) is 46.9 cm³/mol. The molecule has 2 heteroatoms. The number of likely N-dealkylation sites (N-methyl/N-ethyl adjacent to an activating group) is 1. The van der Waals surface area contributed by atoms with E-state index in [0.717, 1.165) is 12.6 Å². The Morgan fingerprint density at radius 1 is 1.45 bits per heavy atom. The van der Waals surface area contributed by atoms with Gasteiger partial charge in [-0.25, -0.2) is 0 Å². The minimum Gasteiger partial charge on any atom is -0.358 e. The van der Waals surface area contributed by atoms with Crippen LogP contribution in [0.5, 0.6) is 0 Å². The summed E-state index contributed by atoms with van der Waals surface area (Å²) in [7, 11) is 0. The number of nitrogens with zero attached hydrogens (tertiary/aromatic N) is 2. The third kappa shape index (κ3) is 1.15. The van der Waals surface area contributed by atoms with Gasteiger partial charge in [0.15, 0.2) is 0 Å². The van der Waals surface area contributed by atoms with Crippen molar-refractivity contribution in [3.05, 3.63) is 0 Å². The molecule has 2 atom stereocenters. The second-order valence-electron chi connectivity index (χ2n) is 3.51. The molecule has 2 unspecified atom stereocenters. The topological polar surface area (TPSA) is 15.6 Å². The lowest BCUT2D eigenvalue weighted by Crippen LogP contribution is -2.38. The quantitative estimate of drug-likeness (QED) is 0.558. The molecule has 2 rings (SSSR count). The Balaban J connectivity index is 2.03. The number of rotatable bonds is 1. The fourth-order valence-electron chi connectivity index (χ4n) is 2.23. The van der Waals surface area contributed by atoms with Crippen LogP contribution in [0, 0.1) is 0 Å². The van der Waals surface area contributed by atoms with Gasteiger partial charge in [-0.15, -0.1) is 0 Å². The first-order valence-electron chi connectivity index (χ1n) is 4.71. The molecular formula is C9H16N2. The van der Waals surface area contributed by atoms with E-state index in [0.29, 0.717) is 6.04 Å². The molecule has 62 valence electrons. The van der Waals surface area contributed by atoms with E-state index in [-0.39, 0.29) is 0 Å². The van der Waals surface area contributed by atoms with Crippen LogP contribution in [-0.4, -0.2) is 29.9 Å². The summed E-state index contributed by atoms with van der Waals surface area (Å²) in [6.07, 6.45) is 7.52. The van der Waals surface area contributed by atoms with Crippen molar-refractivity contribution in [3.8, 4) is 0 Å². The summed E-state index contributed by atoms with van der Waals surface area (Å²) < 4.78 is 0. The first-order chi connectivity index (χ1) is 5.42. The Morgan fingerprint density at radius 2 is 2.27 bits per heavy atom. The van der Waals surface area contributed by atoms with Crippen molar-refractivity contribution in [2.75, 3.05) is 6.54 Å². The molecule has 2 nitrogen and oxygen atoms in total. The Labute approximate surface area is 68.3 Å². The monoisotopic (exact) mass is 152 g/mol. The van der Waals surface area contributed by atoms with Gasteiger partial charge in [-0.1, -0.05) is 12.8 Å². The van der Waals surface area contributed by atoms with E-state index >= 15 is 0 Å². The summed E-state index contributed by atoms with van der Waals surface area (Å²) in [5, 5.41) is 0. The molecule has 1 heterocycles. The van der Waals surface area contributed by atoms with Crippen LogP contribution in [0.2, 0.25) is 0 Å². The van der Waals surface area contributed by atoms with E-state index in [1.54, 1.807) is 0 Å². The lowest BCUT2D eigenvalue weighted by Gasteiger charge is -2.30. The van der Waals surface area contributed by atoms with Gasteiger partial charge >= 0.3 is 0 Å². The molecule has 0 N–H and O–H groups in total. The fraction of sp³-hybridized carbons (Fsp3) is 0.889. The second-order valence-corrected chi connectivity index (χ2v) is 3.51. The van der Waals surface area contributed by atoms with Crippen molar-refractivity contribution < 1.29 is 0 Å². The van der Waals surface area contributed by atoms with Gasteiger partial charge in [0.25, 0.3) is 0 Å². The lowest BCUT2D eigenvalue weighted by molar-refractivity contribution is 0.256. The summed E-state index contributed by atoms with van der Waals surface area (Å²) in [6, 6.07) is 1.40. The van der Waals surface area contributed by atoms with Gasteiger partial charge < -0.3 is 4.90 Å². The zero-order valence-corrected chi connectivity index (χ0v) is 7.16. The van der Waals surface area contributed by atoms with E-state index in [4.69, 9.17) is 0 Å². The maximum absolute atomic E-state index is 4.51. The Bertz CT molecular complexity index is 157. The molecule has 1 aliphatic heterocycles. The third-order valence-electron chi connectivity index (χ3n) is 2.89. The van der Waals surface area contributed by atoms with Crippen molar-refractivity contribution >= 4 is 6.34 Å². The average Bonchev–Trinajstić information content (AvgIpc) is 2.47. The molecule has 11 heavy (non-hydrogen) atoms. The molecule has 0 saturated heterocycles. The maximum Gasteiger partial charge on any atom is 0.0857 e. The molecule has 0 amide bonds. The highest BCUT2D eigenvalue weighted by Crippen LogP contribution is 2.27. The van der Waals surface area contributed by atoms with Crippen molar-refractivity contribution in [1.29, 1.82) is 0 Å². The molecule has 0 aromatic rings. The first kappa shape index (κ1) is 7.14. The van der Waals surface area contributed by atoms with Crippen molar-refractivity contribution in [2.45, 2.75) is 44.7 Å².